The summed E-state index contributed by atoms with van der Waals surface area (Å²) < 4.78 is 38.6. The minimum absolute atomic E-state index is 0.202. The number of ketones is 1. The Labute approximate surface area is 118 Å². The molecule has 1 saturated heterocycles. The van der Waals surface area contributed by atoms with Crippen LogP contribution in [-0.2, 0) is 4.79 Å². The van der Waals surface area contributed by atoms with Gasteiger partial charge in [0.1, 0.15) is 5.82 Å². The first-order valence-corrected chi connectivity index (χ1v) is 6.21. The van der Waals surface area contributed by atoms with Crippen molar-refractivity contribution in [1.82, 2.24) is 4.98 Å². The number of carbonyl (C=O) groups is 2. The highest BCUT2D eigenvalue weighted by atomic mass is 19.4. The Morgan fingerprint density at radius 1 is 1.33 bits per heavy atom. The lowest BCUT2D eigenvalue weighted by atomic mass is 9.96. The van der Waals surface area contributed by atoms with Crippen molar-refractivity contribution in [3.8, 4) is 0 Å². The molecule has 1 aromatic rings. The summed E-state index contributed by atoms with van der Waals surface area (Å²) in [5.41, 5.74) is 0.347. The van der Waals surface area contributed by atoms with Crippen molar-refractivity contribution in [2.75, 3.05) is 18.0 Å². The van der Waals surface area contributed by atoms with Crippen LogP contribution in [0.1, 0.15) is 17.3 Å². The molecule has 1 N–H and O–H groups in total. The first kappa shape index (κ1) is 15.3. The van der Waals surface area contributed by atoms with E-state index in [0.717, 1.165) is 0 Å². The highest BCUT2D eigenvalue weighted by Gasteiger charge is 2.52. The number of hydrogen-bond acceptors (Lipinski definition) is 4. The van der Waals surface area contributed by atoms with Gasteiger partial charge in [0.2, 0.25) is 0 Å². The van der Waals surface area contributed by atoms with E-state index in [1.165, 1.54) is 30.2 Å². The number of anilines is 1. The summed E-state index contributed by atoms with van der Waals surface area (Å²) in [6.45, 7) is 0.644. The number of rotatable bonds is 3. The van der Waals surface area contributed by atoms with Crippen molar-refractivity contribution in [2.45, 2.75) is 13.1 Å². The summed E-state index contributed by atoms with van der Waals surface area (Å²) in [6, 6.07) is 2.88. The summed E-state index contributed by atoms with van der Waals surface area (Å²) >= 11 is 0. The monoisotopic (exact) mass is 302 g/mol. The zero-order valence-corrected chi connectivity index (χ0v) is 11.1. The molecular formula is C13H13F3N2O3. The molecule has 1 aromatic heterocycles. The number of hydrogen-bond donors (Lipinski definition) is 1. The molecule has 0 aliphatic carbocycles. The van der Waals surface area contributed by atoms with Crippen LogP contribution in [0.4, 0.5) is 19.0 Å². The average molecular weight is 302 g/mol. The van der Waals surface area contributed by atoms with Crippen LogP contribution in [0.2, 0.25) is 0 Å². The normalized spacial score (nSPS) is 22.4. The molecule has 0 bridgehead atoms. The first-order chi connectivity index (χ1) is 9.70. The number of carboxylic acids is 1. The standard InChI is InChI=1S/C13H13F3N2O3/c1-7(19)8-2-3-11(17-4-8)18-5-9(12(20)21)10(6-18)13(14,15)16/h2-4,9-10H,5-6H2,1H3,(H,20,21)/t9-,10-/m1/s1. The van der Waals surface area contributed by atoms with Crippen molar-refractivity contribution in [1.29, 1.82) is 0 Å². The number of aromatic nitrogens is 1. The fourth-order valence-electron chi connectivity index (χ4n) is 2.35. The van der Waals surface area contributed by atoms with E-state index in [4.69, 9.17) is 5.11 Å². The summed E-state index contributed by atoms with van der Waals surface area (Å²) in [5, 5.41) is 8.94. The molecule has 1 fully saturated rings. The van der Waals surface area contributed by atoms with Gasteiger partial charge in [-0.1, -0.05) is 0 Å². The van der Waals surface area contributed by atoms with Crippen LogP contribution in [0.3, 0.4) is 0 Å². The molecule has 2 rings (SSSR count). The highest BCUT2D eigenvalue weighted by Crippen LogP contribution is 2.38. The van der Waals surface area contributed by atoms with Crippen molar-refractivity contribution in [3.05, 3.63) is 23.9 Å². The Hall–Kier alpha value is -2.12. The highest BCUT2D eigenvalue weighted by molar-refractivity contribution is 5.93. The molecule has 0 radical (unpaired) electrons. The Balaban J connectivity index is 2.22. The maximum Gasteiger partial charge on any atom is 0.394 e. The van der Waals surface area contributed by atoms with Gasteiger partial charge in [0.05, 0.1) is 11.8 Å². The van der Waals surface area contributed by atoms with Gasteiger partial charge in [-0.3, -0.25) is 9.59 Å². The molecule has 2 heterocycles. The summed E-state index contributed by atoms with van der Waals surface area (Å²) in [4.78, 5) is 27.3. The van der Waals surface area contributed by atoms with Crippen LogP contribution in [0.25, 0.3) is 0 Å². The van der Waals surface area contributed by atoms with E-state index in [1.807, 2.05) is 0 Å². The van der Waals surface area contributed by atoms with E-state index in [9.17, 15) is 22.8 Å². The van der Waals surface area contributed by atoms with E-state index < -0.39 is 30.5 Å². The van der Waals surface area contributed by atoms with E-state index >= 15 is 0 Å². The fourth-order valence-corrected chi connectivity index (χ4v) is 2.35. The third kappa shape index (κ3) is 3.14. The third-order valence-corrected chi connectivity index (χ3v) is 3.54. The lowest BCUT2D eigenvalue weighted by Crippen LogP contribution is -2.33. The largest absolute Gasteiger partial charge is 0.481 e. The van der Waals surface area contributed by atoms with Crippen LogP contribution >= 0.6 is 0 Å². The van der Waals surface area contributed by atoms with Crippen LogP contribution in [0, 0.1) is 11.8 Å². The Morgan fingerprint density at radius 2 is 2.00 bits per heavy atom. The zero-order valence-electron chi connectivity index (χ0n) is 11.1. The van der Waals surface area contributed by atoms with Gasteiger partial charge in [-0.2, -0.15) is 13.2 Å². The number of pyridine rings is 1. The maximum atomic E-state index is 12.9. The van der Waals surface area contributed by atoms with E-state index in [2.05, 4.69) is 4.98 Å². The lowest BCUT2D eigenvalue weighted by molar-refractivity contribution is -0.187. The Morgan fingerprint density at radius 3 is 2.38 bits per heavy atom. The number of Topliss-reactive ketones (excluding diaryl/α,β-unsaturated/α-hetero) is 1. The number of carbonyl (C=O) groups excluding carboxylic acids is 1. The van der Waals surface area contributed by atoms with Gasteiger partial charge in [0.15, 0.2) is 5.78 Å². The maximum absolute atomic E-state index is 12.9. The summed E-state index contributed by atoms with van der Waals surface area (Å²) in [5.74, 6) is -4.88. The fraction of sp³-hybridized carbons (Fsp3) is 0.462. The minimum atomic E-state index is -4.57. The zero-order chi connectivity index (χ0) is 15.8. The SMILES string of the molecule is CC(=O)c1ccc(N2C[C@@H](C(F)(F)F)[C@H](C(=O)O)C2)nc1. The molecule has 114 valence electrons. The molecule has 8 heteroatoms. The number of alkyl halides is 3. The molecule has 0 amide bonds. The van der Waals surface area contributed by atoms with Gasteiger partial charge in [-0.15, -0.1) is 0 Å². The van der Waals surface area contributed by atoms with E-state index in [0.29, 0.717) is 5.56 Å². The van der Waals surface area contributed by atoms with Crippen molar-refractivity contribution in [2.24, 2.45) is 11.8 Å². The second kappa shape index (κ2) is 5.34. The molecule has 0 aromatic carbocycles. The first-order valence-electron chi connectivity index (χ1n) is 6.21. The predicted molar refractivity (Wildman–Crippen MR) is 67.1 cm³/mol. The topological polar surface area (TPSA) is 70.5 Å². The Kier molecular flexibility index (Phi) is 3.89. The van der Waals surface area contributed by atoms with Gasteiger partial charge in [-0.05, 0) is 19.1 Å². The molecular weight excluding hydrogens is 289 g/mol. The van der Waals surface area contributed by atoms with Crippen molar-refractivity contribution >= 4 is 17.6 Å². The van der Waals surface area contributed by atoms with Gasteiger partial charge < -0.3 is 10.0 Å². The Bertz CT molecular complexity index is 557. The number of nitrogens with zero attached hydrogens (tertiary/aromatic N) is 2. The molecule has 21 heavy (non-hydrogen) atoms. The number of carboxylic acid groups (broad SMARTS) is 1. The van der Waals surface area contributed by atoms with Gasteiger partial charge in [0.25, 0.3) is 0 Å². The van der Waals surface area contributed by atoms with Crippen molar-refractivity contribution < 1.29 is 27.9 Å². The van der Waals surface area contributed by atoms with Gasteiger partial charge in [-0.25, -0.2) is 4.98 Å². The number of halogens is 3. The van der Waals surface area contributed by atoms with Crippen LogP contribution in [-0.4, -0.2) is 41.1 Å². The molecule has 5 nitrogen and oxygen atoms in total. The molecule has 0 spiro atoms. The molecule has 0 unspecified atom stereocenters. The molecule has 0 saturated carbocycles. The summed E-state index contributed by atoms with van der Waals surface area (Å²) in [6.07, 6.45) is -3.30. The molecule has 1 aliphatic rings. The van der Waals surface area contributed by atoms with Crippen LogP contribution in [0.15, 0.2) is 18.3 Å². The van der Waals surface area contributed by atoms with Crippen molar-refractivity contribution in [3.63, 3.8) is 0 Å². The second-order valence-electron chi connectivity index (χ2n) is 4.96. The average Bonchev–Trinajstić information content (AvgIpc) is 2.84. The van der Waals surface area contributed by atoms with E-state index in [1.54, 1.807) is 0 Å². The summed E-state index contributed by atoms with van der Waals surface area (Å²) in [7, 11) is 0. The predicted octanol–water partition coefficient (Wildman–Crippen LogP) is 1.98. The van der Waals surface area contributed by atoms with Crippen LogP contribution in [0.5, 0.6) is 0 Å². The minimum Gasteiger partial charge on any atom is -0.481 e. The molecule has 2 atom stereocenters. The smallest absolute Gasteiger partial charge is 0.394 e. The van der Waals surface area contributed by atoms with Crippen LogP contribution < -0.4 is 4.90 Å². The second-order valence-corrected chi connectivity index (χ2v) is 4.96. The number of aliphatic carboxylic acids is 1. The lowest BCUT2D eigenvalue weighted by Gasteiger charge is -2.18. The van der Waals surface area contributed by atoms with E-state index in [-0.39, 0.29) is 18.1 Å². The van der Waals surface area contributed by atoms with Gasteiger partial charge in [0, 0.05) is 24.8 Å². The van der Waals surface area contributed by atoms with Gasteiger partial charge >= 0.3 is 12.1 Å². The molecule has 1 aliphatic heterocycles. The quantitative estimate of drug-likeness (QED) is 0.865. The third-order valence-electron chi connectivity index (χ3n) is 3.54.